The van der Waals surface area contributed by atoms with E-state index < -0.39 is 6.10 Å². The van der Waals surface area contributed by atoms with Gasteiger partial charge in [0.25, 0.3) is 11.8 Å². The highest BCUT2D eigenvalue weighted by atomic mass is 35.5. The average molecular weight is 419 g/mol. The Kier molecular flexibility index (Phi) is 6.23. The molecule has 144 valence electrons. The van der Waals surface area contributed by atoms with E-state index in [1.165, 1.54) is 12.3 Å². The van der Waals surface area contributed by atoms with Gasteiger partial charge in [0.2, 0.25) is 0 Å². The van der Waals surface area contributed by atoms with E-state index in [0.29, 0.717) is 27.2 Å². The molecule has 0 saturated heterocycles. The van der Waals surface area contributed by atoms with Crippen LogP contribution in [0.25, 0.3) is 0 Å². The Hall–Kier alpha value is -2.96. The SMILES string of the molecule is CC(Oc1ccc(Cl)cc1Cl)C(=O)Nc1cccc(NC(=O)c2ccco2)c1. The fourth-order valence-electron chi connectivity index (χ4n) is 2.33. The van der Waals surface area contributed by atoms with Crippen molar-refractivity contribution < 1.29 is 18.7 Å². The third-order valence-corrected chi connectivity index (χ3v) is 4.23. The van der Waals surface area contributed by atoms with E-state index in [0.717, 1.165) is 0 Å². The van der Waals surface area contributed by atoms with Crippen LogP contribution < -0.4 is 15.4 Å². The van der Waals surface area contributed by atoms with Gasteiger partial charge in [-0.05, 0) is 55.5 Å². The quantitative estimate of drug-likeness (QED) is 0.572. The minimum atomic E-state index is -0.806. The molecule has 1 atom stereocenters. The molecule has 6 nitrogen and oxygen atoms in total. The summed E-state index contributed by atoms with van der Waals surface area (Å²) in [5, 5.41) is 6.22. The third-order valence-electron chi connectivity index (χ3n) is 3.70. The summed E-state index contributed by atoms with van der Waals surface area (Å²) in [5.41, 5.74) is 1.01. The molecule has 0 aliphatic carbocycles. The molecular weight excluding hydrogens is 403 g/mol. The molecule has 0 radical (unpaired) electrons. The number of hydrogen-bond acceptors (Lipinski definition) is 4. The van der Waals surface area contributed by atoms with Gasteiger partial charge in [-0.15, -0.1) is 0 Å². The molecule has 0 fully saturated rings. The van der Waals surface area contributed by atoms with E-state index in [4.69, 9.17) is 32.4 Å². The number of furan rings is 1. The fourth-order valence-corrected chi connectivity index (χ4v) is 2.79. The van der Waals surface area contributed by atoms with Crippen LogP contribution in [-0.2, 0) is 4.79 Å². The van der Waals surface area contributed by atoms with Gasteiger partial charge in [-0.25, -0.2) is 0 Å². The monoisotopic (exact) mass is 418 g/mol. The first-order valence-electron chi connectivity index (χ1n) is 8.30. The van der Waals surface area contributed by atoms with Crippen molar-refractivity contribution in [3.05, 3.63) is 76.7 Å². The van der Waals surface area contributed by atoms with Crippen molar-refractivity contribution in [3.63, 3.8) is 0 Å². The van der Waals surface area contributed by atoms with E-state index in [-0.39, 0.29) is 17.6 Å². The molecule has 1 aromatic heterocycles. The van der Waals surface area contributed by atoms with Crippen LogP contribution in [0.15, 0.2) is 65.3 Å². The van der Waals surface area contributed by atoms with Crippen LogP contribution in [0.2, 0.25) is 10.0 Å². The Balaban J connectivity index is 1.62. The fraction of sp³-hybridized carbons (Fsp3) is 0.100. The zero-order valence-corrected chi connectivity index (χ0v) is 16.3. The van der Waals surface area contributed by atoms with Crippen LogP contribution in [0.5, 0.6) is 5.75 Å². The number of rotatable bonds is 6. The maximum Gasteiger partial charge on any atom is 0.291 e. The van der Waals surface area contributed by atoms with E-state index in [9.17, 15) is 9.59 Å². The molecule has 1 heterocycles. The number of benzene rings is 2. The number of anilines is 2. The minimum absolute atomic E-state index is 0.191. The van der Waals surface area contributed by atoms with Gasteiger partial charge in [-0.1, -0.05) is 29.3 Å². The largest absolute Gasteiger partial charge is 0.479 e. The first-order valence-corrected chi connectivity index (χ1v) is 9.05. The lowest BCUT2D eigenvalue weighted by Gasteiger charge is -2.16. The molecule has 0 bridgehead atoms. The van der Waals surface area contributed by atoms with Crippen molar-refractivity contribution in [2.45, 2.75) is 13.0 Å². The van der Waals surface area contributed by atoms with Gasteiger partial charge in [0, 0.05) is 16.4 Å². The average Bonchev–Trinajstić information content (AvgIpc) is 3.19. The number of amides is 2. The van der Waals surface area contributed by atoms with Gasteiger partial charge in [-0.2, -0.15) is 0 Å². The number of ether oxygens (including phenoxy) is 1. The summed E-state index contributed by atoms with van der Waals surface area (Å²) in [4.78, 5) is 24.4. The third kappa shape index (κ3) is 5.06. The molecule has 0 saturated carbocycles. The van der Waals surface area contributed by atoms with Crippen LogP contribution >= 0.6 is 23.2 Å². The molecule has 28 heavy (non-hydrogen) atoms. The molecule has 2 aromatic carbocycles. The standard InChI is InChI=1S/C20H16Cl2N2O4/c1-12(28-17-8-7-13(21)10-16(17)22)19(25)23-14-4-2-5-15(11-14)24-20(26)18-6-3-9-27-18/h2-12H,1H3,(H,23,25)(H,24,26). The molecule has 8 heteroatoms. The van der Waals surface area contributed by atoms with Gasteiger partial charge in [0.1, 0.15) is 5.75 Å². The van der Waals surface area contributed by atoms with Gasteiger partial charge in [-0.3, -0.25) is 9.59 Å². The second-order valence-corrected chi connectivity index (χ2v) is 6.68. The van der Waals surface area contributed by atoms with Crippen LogP contribution in [0.1, 0.15) is 17.5 Å². The number of carbonyl (C=O) groups is 2. The zero-order valence-electron chi connectivity index (χ0n) is 14.7. The van der Waals surface area contributed by atoms with Crippen molar-refractivity contribution in [1.82, 2.24) is 0 Å². The normalized spacial score (nSPS) is 11.5. The molecule has 2 N–H and O–H groups in total. The topological polar surface area (TPSA) is 80.6 Å². The molecule has 3 rings (SSSR count). The van der Waals surface area contributed by atoms with Gasteiger partial charge >= 0.3 is 0 Å². The van der Waals surface area contributed by atoms with Crippen LogP contribution in [0.3, 0.4) is 0 Å². The lowest BCUT2D eigenvalue weighted by Crippen LogP contribution is -2.30. The van der Waals surface area contributed by atoms with Gasteiger partial charge < -0.3 is 19.8 Å². The number of carbonyl (C=O) groups excluding carboxylic acids is 2. The van der Waals surface area contributed by atoms with Crippen molar-refractivity contribution in [3.8, 4) is 5.75 Å². The molecule has 0 aliphatic rings. The predicted octanol–water partition coefficient (Wildman–Crippen LogP) is 5.24. The number of halogens is 2. The summed E-state index contributed by atoms with van der Waals surface area (Å²) in [7, 11) is 0. The first kappa shape index (κ1) is 19.8. The summed E-state index contributed by atoms with van der Waals surface area (Å²) in [6.07, 6.45) is 0.611. The van der Waals surface area contributed by atoms with Crippen LogP contribution in [-0.4, -0.2) is 17.9 Å². The summed E-state index contributed by atoms with van der Waals surface area (Å²) in [6.45, 7) is 1.60. The summed E-state index contributed by atoms with van der Waals surface area (Å²) >= 11 is 11.9. The van der Waals surface area contributed by atoms with Crippen molar-refractivity contribution in [1.29, 1.82) is 0 Å². The smallest absolute Gasteiger partial charge is 0.291 e. The summed E-state index contributed by atoms with van der Waals surface area (Å²) in [5.74, 6) is -0.215. The second kappa shape index (κ2) is 8.82. The van der Waals surface area contributed by atoms with E-state index in [1.807, 2.05) is 0 Å². The van der Waals surface area contributed by atoms with Crippen molar-refractivity contribution >= 4 is 46.4 Å². The Morgan fingerprint density at radius 1 is 1.00 bits per heavy atom. The molecule has 1 unspecified atom stereocenters. The molecule has 3 aromatic rings. The van der Waals surface area contributed by atoms with Crippen molar-refractivity contribution in [2.24, 2.45) is 0 Å². The Bertz CT molecular complexity index is 990. The predicted molar refractivity (Wildman–Crippen MR) is 108 cm³/mol. The van der Waals surface area contributed by atoms with E-state index >= 15 is 0 Å². The maximum atomic E-state index is 12.4. The lowest BCUT2D eigenvalue weighted by molar-refractivity contribution is -0.122. The molecule has 0 aliphatic heterocycles. The summed E-state index contributed by atoms with van der Waals surface area (Å²) < 4.78 is 10.6. The summed E-state index contributed by atoms with van der Waals surface area (Å²) in [6, 6.07) is 14.7. The van der Waals surface area contributed by atoms with Crippen LogP contribution in [0.4, 0.5) is 11.4 Å². The Morgan fingerprint density at radius 3 is 2.43 bits per heavy atom. The maximum absolute atomic E-state index is 12.4. The second-order valence-electron chi connectivity index (χ2n) is 5.84. The van der Waals surface area contributed by atoms with E-state index in [2.05, 4.69) is 10.6 Å². The van der Waals surface area contributed by atoms with E-state index in [1.54, 1.807) is 55.5 Å². The Labute approximate surface area is 171 Å². The Morgan fingerprint density at radius 2 is 1.75 bits per heavy atom. The number of hydrogen-bond donors (Lipinski definition) is 2. The number of nitrogens with one attached hydrogen (secondary N) is 2. The minimum Gasteiger partial charge on any atom is -0.479 e. The molecule has 2 amide bonds. The highest BCUT2D eigenvalue weighted by Gasteiger charge is 2.17. The molecule has 0 spiro atoms. The highest BCUT2D eigenvalue weighted by molar-refractivity contribution is 6.35. The molecular formula is C20H16Cl2N2O4. The van der Waals surface area contributed by atoms with Gasteiger partial charge in [0.15, 0.2) is 11.9 Å². The van der Waals surface area contributed by atoms with Crippen molar-refractivity contribution in [2.75, 3.05) is 10.6 Å². The zero-order chi connectivity index (χ0) is 20.1. The lowest BCUT2D eigenvalue weighted by atomic mass is 10.2. The highest BCUT2D eigenvalue weighted by Crippen LogP contribution is 2.28. The first-order chi connectivity index (χ1) is 13.4. The van der Waals surface area contributed by atoms with Gasteiger partial charge in [0.05, 0.1) is 11.3 Å². The van der Waals surface area contributed by atoms with Crippen LogP contribution in [0, 0.1) is 0 Å².